The molecule has 0 aromatic heterocycles. The highest BCUT2D eigenvalue weighted by Crippen LogP contribution is 2.14. The van der Waals surface area contributed by atoms with Crippen LogP contribution in [-0.4, -0.2) is 51.3 Å². The van der Waals surface area contributed by atoms with E-state index in [0.717, 1.165) is 52.3 Å². The maximum absolute atomic E-state index is 5.69. The van der Waals surface area contributed by atoms with Crippen molar-refractivity contribution in [3.63, 3.8) is 0 Å². The van der Waals surface area contributed by atoms with Crippen molar-refractivity contribution in [2.75, 3.05) is 33.0 Å². The van der Waals surface area contributed by atoms with E-state index < -0.39 is 0 Å². The highest BCUT2D eigenvalue weighted by molar-refractivity contribution is 4.70. The Morgan fingerprint density at radius 2 is 1.88 bits per heavy atom. The lowest BCUT2D eigenvalue weighted by Gasteiger charge is -2.15. The average Bonchev–Trinajstić information content (AvgIpc) is 3.16. The van der Waals surface area contributed by atoms with Gasteiger partial charge in [0.25, 0.3) is 0 Å². The predicted octanol–water partition coefficient (Wildman–Crippen LogP) is 1.19. The van der Waals surface area contributed by atoms with Gasteiger partial charge in [-0.15, -0.1) is 0 Å². The van der Waals surface area contributed by atoms with Crippen molar-refractivity contribution in [1.29, 1.82) is 0 Å². The van der Waals surface area contributed by atoms with Crippen LogP contribution in [0.25, 0.3) is 0 Å². The summed E-state index contributed by atoms with van der Waals surface area (Å²) in [5.74, 6) is 0. The zero-order valence-electron chi connectivity index (χ0n) is 9.73. The Kier molecular flexibility index (Phi) is 5.03. The van der Waals surface area contributed by atoms with Crippen LogP contribution in [-0.2, 0) is 18.9 Å². The first-order chi connectivity index (χ1) is 7.88. The van der Waals surface area contributed by atoms with Crippen molar-refractivity contribution in [1.82, 2.24) is 0 Å². The van der Waals surface area contributed by atoms with Crippen LogP contribution < -0.4 is 0 Å². The molecule has 4 heteroatoms. The third kappa shape index (κ3) is 5.25. The molecule has 0 aromatic carbocycles. The van der Waals surface area contributed by atoms with Crippen LogP contribution in [0, 0.1) is 6.92 Å². The van der Waals surface area contributed by atoms with Crippen LogP contribution in [0.3, 0.4) is 0 Å². The minimum Gasteiger partial charge on any atom is -0.379 e. The summed E-state index contributed by atoms with van der Waals surface area (Å²) in [6.45, 7) is 7.87. The first-order valence-electron chi connectivity index (χ1n) is 6.10. The third-order valence-corrected chi connectivity index (χ3v) is 2.76. The first-order valence-corrected chi connectivity index (χ1v) is 6.10. The van der Waals surface area contributed by atoms with Gasteiger partial charge in [-0.2, -0.15) is 0 Å². The number of ether oxygens (including phenoxy) is 4. The summed E-state index contributed by atoms with van der Waals surface area (Å²) in [5, 5.41) is 0. The average molecular weight is 229 g/mol. The van der Waals surface area contributed by atoms with Crippen LogP contribution in [0.4, 0.5) is 0 Å². The van der Waals surface area contributed by atoms with Crippen molar-refractivity contribution < 1.29 is 18.9 Å². The van der Waals surface area contributed by atoms with E-state index in [-0.39, 0.29) is 6.10 Å². The molecule has 3 atom stereocenters. The molecule has 93 valence electrons. The van der Waals surface area contributed by atoms with Crippen molar-refractivity contribution in [3.8, 4) is 0 Å². The van der Waals surface area contributed by atoms with Gasteiger partial charge in [0.05, 0.1) is 32.5 Å². The normalized spacial score (nSPS) is 29.1. The molecule has 0 saturated carbocycles. The summed E-state index contributed by atoms with van der Waals surface area (Å²) in [7, 11) is 0. The summed E-state index contributed by atoms with van der Waals surface area (Å²) in [6, 6.07) is 0. The monoisotopic (exact) mass is 229 g/mol. The number of epoxide rings is 2. The van der Waals surface area contributed by atoms with Gasteiger partial charge in [0.15, 0.2) is 0 Å². The molecule has 0 N–H and O–H groups in total. The molecule has 2 saturated heterocycles. The molecule has 2 heterocycles. The van der Waals surface area contributed by atoms with Gasteiger partial charge in [0.2, 0.25) is 0 Å². The Morgan fingerprint density at radius 1 is 1.19 bits per heavy atom. The Balaban J connectivity index is 1.41. The fourth-order valence-electron chi connectivity index (χ4n) is 1.51. The fraction of sp³-hybridized carbons (Fsp3) is 0.917. The number of hydrogen-bond acceptors (Lipinski definition) is 4. The second-order valence-electron chi connectivity index (χ2n) is 4.37. The van der Waals surface area contributed by atoms with E-state index >= 15 is 0 Å². The first kappa shape index (κ1) is 12.3. The summed E-state index contributed by atoms with van der Waals surface area (Å²) >= 11 is 0. The van der Waals surface area contributed by atoms with Crippen LogP contribution >= 0.6 is 0 Å². The van der Waals surface area contributed by atoms with Gasteiger partial charge in [-0.25, -0.2) is 0 Å². The summed E-state index contributed by atoms with van der Waals surface area (Å²) in [5.41, 5.74) is 0. The highest BCUT2D eigenvalue weighted by Gasteiger charge is 2.24. The maximum atomic E-state index is 5.69. The lowest BCUT2D eigenvalue weighted by atomic mass is 10.1. The van der Waals surface area contributed by atoms with Crippen molar-refractivity contribution in [2.24, 2.45) is 0 Å². The quantitative estimate of drug-likeness (QED) is 0.417. The number of rotatable bonds is 10. The van der Waals surface area contributed by atoms with Gasteiger partial charge in [-0.05, 0) is 19.3 Å². The molecular weight excluding hydrogens is 208 g/mol. The van der Waals surface area contributed by atoms with E-state index in [4.69, 9.17) is 18.9 Å². The Hall–Kier alpha value is -0.160. The van der Waals surface area contributed by atoms with E-state index in [1.807, 2.05) is 0 Å². The topological polar surface area (TPSA) is 43.5 Å². The molecule has 0 aliphatic carbocycles. The standard InChI is InChI=1S/C12H21O4/c1-2-10(14-8-12-9-16-12)4-3-5-13-6-11-7-15-11/h10-12H,1-9H2. The van der Waals surface area contributed by atoms with Gasteiger partial charge in [-0.3, -0.25) is 0 Å². The molecule has 0 bridgehead atoms. The van der Waals surface area contributed by atoms with Gasteiger partial charge in [-0.1, -0.05) is 6.92 Å². The van der Waals surface area contributed by atoms with E-state index in [9.17, 15) is 0 Å². The van der Waals surface area contributed by atoms with Crippen molar-refractivity contribution in [3.05, 3.63) is 6.92 Å². The van der Waals surface area contributed by atoms with Crippen LogP contribution in [0.15, 0.2) is 0 Å². The molecule has 16 heavy (non-hydrogen) atoms. The van der Waals surface area contributed by atoms with Gasteiger partial charge < -0.3 is 18.9 Å². The van der Waals surface area contributed by atoms with Gasteiger partial charge in [0.1, 0.15) is 12.2 Å². The Labute approximate surface area is 97.2 Å². The van der Waals surface area contributed by atoms with E-state index in [1.165, 1.54) is 0 Å². The molecule has 2 aliphatic rings. The van der Waals surface area contributed by atoms with E-state index in [1.54, 1.807) is 0 Å². The predicted molar refractivity (Wildman–Crippen MR) is 59.2 cm³/mol. The second kappa shape index (κ2) is 6.55. The molecule has 3 unspecified atom stereocenters. The minimum absolute atomic E-state index is 0.255. The third-order valence-electron chi connectivity index (χ3n) is 2.76. The van der Waals surface area contributed by atoms with E-state index in [0.29, 0.717) is 12.2 Å². The van der Waals surface area contributed by atoms with Crippen LogP contribution in [0.5, 0.6) is 0 Å². The lowest BCUT2D eigenvalue weighted by Crippen LogP contribution is -2.16. The zero-order valence-corrected chi connectivity index (χ0v) is 9.73. The summed E-state index contributed by atoms with van der Waals surface area (Å²) in [4.78, 5) is 0. The smallest absolute Gasteiger partial charge is 0.104 e. The molecule has 4 nitrogen and oxygen atoms in total. The minimum atomic E-state index is 0.255. The van der Waals surface area contributed by atoms with Crippen LogP contribution in [0.1, 0.15) is 19.3 Å². The second-order valence-corrected chi connectivity index (χ2v) is 4.37. The summed E-state index contributed by atoms with van der Waals surface area (Å²) in [6.07, 6.45) is 3.83. The molecule has 0 aromatic rings. The maximum Gasteiger partial charge on any atom is 0.104 e. The SMILES string of the molecule is [CH2]CC(CCCOCC1CO1)OCC1CO1. The lowest BCUT2D eigenvalue weighted by molar-refractivity contribution is 0.0293. The fourth-order valence-corrected chi connectivity index (χ4v) is 1.51. The van der Waals surface area contributed by atoms with Crippen molar-refractivity contribution >= 4 is 0 Å². The molecule has 2 fully saturated rings. The van der Waals surface area contributed by atoms with Crippen LogP contribution in [0.2, 0.25) is 0 Å². The molecular formula is C12H21O4. The molecule has 0 amide bonds. The Bertz CT molecular complexity index is 189. The zero-order chi connectivity index (χ0) is 11.2. The van der Waals surface area contributed by atoms with Gasteiger partial charge >= 0.3 is 0 Å². The largest absolute Gasteiger partial charge is 0.379 e. The molecule has 1 radical (unpaired) electrons. The van der Waals surface area contributed by atoms with E-state index in [2.05, 4.69) is 6.92 Å². The molecule has 2 rings (SSSR count). The van der Waals surface area contributed by atoms with Gasteiger partial charge in [0, 0.05) is 6.61 Å². The number of hydrogen-bond donors (Lipinski definition) is 0. The van der Waals surface area contributed by atoms with Crippen molar-refractivity contribution in [2.45, 2.75) is 37.6 Å². The highest BCUT2D eigenvalue weighted by atomic mass is 16.6. The Morgan fingerprint density at radius 3 is 2.50 bits per heavy atom. The molecule has 0 spiro atoms. The summed E-state index contributed by atoms with van der Waals surface area (Å²) < 4.78 is 21.3. The molecule has 2 aliphatic heterocycles.